The Bertz CT molecular complexity index is 925. The zero-order chi connectivity index (χ0) is 18.9. The van der Waals surface area contributed by atoms with Crippen molar-refractivity contribution < 1.29 is 13.2 Å². The van der Waals surface area contributed by atoms with Gasteiger partial charge in [0.1, 0.15) is 10.0 Å². The molecular formula is C16H17BrClN3O3S2. The van der Waals surface area contributed by atoms with E-state index in [1.807, 2.05) is 13.0 Å². The topological polar surface area (TPSA) is 79.4 Å². The van der Waals surface area contributed by atoms with Gasteiger partial charge in [0.15, 0.2) is 0 Å². The number of amides is 1. The Morgan fingerprint density at radius 2 is 2.08 bits per heavy atom. The summed E-state index contributed by atoms with van der Waals surface area (Å²) in [5.74, 6) is -0.108. The van der Waals surface area contributed by atoms with Crippen LogP contribution in [-0.2, 0) is 10.0 Å². The van der Waals surface area contributed by atoms with Crippen molar-refractivity contribution in [3.05, 3.63) is 43.8 Å². The average Bonchev–Trinajstić information content (AvgIpc) is 3.04. The van der Waals surface area contributed by atoms with Gasteiger partial charge in [-0.2, -0.15) is 4.31 Å². The second kappa shape index (κ2) is 7.93. The molecule has 0 bridgehead atoms. The average molecular weight is 479 g/mol. The maximum absolute atomic E-state index is 12.8. The van der Waals surface area contributed by atoms with E-state index in [-0.39, 0.29) is 22.0 Å². The molecular weight excluding hydrogens is 462 g/mol. The van der Waals surface area contributed by atoms with Gasteiger partial charge in [0.05, 0.1) is 4.88 Å². The van der Waals surface area contributed by atoms with Crippen LogP contribution < -0.4 is 5.32 Å². The van der Waals surface area contributed by atoms with Crippen molar-refractivity contribution in [2.24, 2.45) is 0 Å². The largest absolute Gasteiger partial charge is 0.349 e. The Labute approximate surface area is 169 Å². The number of carbonyl (C=O) groups is 1. The van der Waals surface area contributed by atoms with Gasteiger partial charge in [0.2, 0.25) is 10.0 Å². The highest BCUT2D eigenvalue weighted by molar-refractivity contribution is 9.10. The van der Waals surface area contributed by atoms with Crippen molar-refractivity contribution in [1.82, 2.24) is 14.6 Å². The van der Waals surface area contributed by atoms with Gasteiger partial charge in [0, 0.05) is 34.7 Å². The van der Waals surface area contributed by atoms with Gasteiger partial charge in [-0.15, -0.1) is 11.3 Å². The molecule has 2 aromatic heterocycles. The van der Waals surface area contributed by atoms with Gasteiger partial charge in [-0.3, -0.25) is 4.79 Å². The van der Waals surface area contributed by atoms with Crippen LogP contribution in [-0.4, -0.2) is 42.7 Å². The molecule has 0 spiro atoms. The van der Waals surface area contributed by atoms with Crippen LogP contribution in [0.1, 0.15) is 27.4 Å². The Hall–Kier alpha value is -1.000. The lowest BCUT2D eigenvalue weighted by Gasteiger charge is -2.31. The van der Waals surface area contributed by atoms with Crippen LogP contribution in [0.25, 0.3) is 0 Å². The fourth-order valence-corrected chi connectivity index (χ4v) is 5.94. The summed E-state index contributed by atoms with van der Waals surface area (Å²) in [6, 6.07) is 5.12. The van der Waals surface area contributed by atoms with Crippen molar-refractivity contribution >= 4 is 54.8 Å². The van der Waals surface area contributed by atoms with Crippen molar-refractivity contribution in [2.75, 3.05) is 13.1 Å². The molecule has 1 N–H and O–H groups in total. The standard InChI is InChI=1S/C16H17BrClN3O3S2/c1-10-2-3-13(25-10)16(22)20-12-4-6-21(7-5-12)26(23,24)14-8-11(17)9-19-15(14)18/h2-3,8-9,12H,4-7H2,1H3,(H,20,22). The first-order valence-corrected chi connectivity index (χ1v) is 11.4. The smallest absolute Gasteiger partial charge is 0.261 e. The number of piperidine rings is 1. The lowest BCUT2D eigenvalue weighted by molar-refractivity contribution is 0.0928. The van der Waals surface area contributed by atoms with E-state index in [0.29, 0.717) is 35.3 Å². The Morgan fingerprint density at radius 1 is 1.38 bits per heavy atom. The second-order valence-electron chi connectivity index (χ2n) is 6.00. The van der Waals surface area contributed by atoms with E-state index in [1.54, 1.807) is 6.07 Å². The molecule has 10 heteroatoms. The number of aryl methyl sites for hydroxylation is 1. The van der Waals surface area contributed by atoms with Gasteiger partial charge >= 0.3 is 0 Å². The number of hydrogen-bond donors (Lipinski definition) is 1. The summed E-state index contributed by atoms with van der Waals surface area (Å²) in [6.45, 7) is 2.59. The summed E-state index contributed by atoms with van der Waals surface area (Å²) in [5.41, 5.74) is 0. The van der Waals surface area contributed by atoms with Crippen molar-refractivity contribution in [3.8, 4) is 0 Å². The van der Waals surface area contributed by atoms with Crippen molar-refractivity contribution in [2.45, 2.75) is 30.7 Å². The third kappa shape index (κ3) is 4.28. The normalized spacial score (nSPS) is 16.6. The monoisotopic (exact) mass is 477 g/mol. The van der Waals surface area contributed by atoms with E-state index in [1.165, 1.54) is 27.9 Å². The number of nitrogens with zero attached hydrogens (tertiary/aromatic N) is 2. The number of aromatic nitrogens is 1. The highest BCUT2D eigenvalue weighted by atomic mass is 79.9. The van der Waals surface area contributed by atoms with Crippen LogP contribution in [0.5, 0.6) is 0 Å². The maximum atomic E-state index is 12.8. The maximum Gasteiger partial charge on any atom is 0.261 e. The Balaban J connectivity index is 1.64. The summed E-state index contributed by atoms with van der Waals surface area (Å²) in [7, 11) is -3.72. The molecule has 0 radical (unpaired) electrons. The predicted molar refractivity (Wildman–Crippen MR) is 105 cm³/mol. The lowest BCUT2D eigenvalue weighted by atomic mass is 10.1. The highest BCUT2D eigenvalue weighted by Crippen LogP contribution is 2.28. The number of nitrogens with one attached hydrogen (secondary N) is 1. The van der Waals surface area contributed by atoms with E-state index < -0.39 is 10.0 Å². The molecule has 0 aliphatic carbocycles. The lowest BCUT2D eigenvalue weighted by Crippen LogP contribution is -2.46. The first-order valence-electron chi connectivity index (χ1n) is 7.96. The summed E-state index contributed by atoms with van der Waals surface area (Å²) in [5, 5.41) is 2.94. The molecule has 1 aliphatic heterocycles. The van der Waals surface area contributed by atoms with E-state index in [9.17, 15) is 13.2 Å². The molecule has 0 unspecified atom stereocenters. The Morgan fingerprint density at radius 3 is 2.69 bits per heavy atom. The molecule has 0 atom stereocenters. The van der Waals surface area contributed by atoms with E-state index >= 15 is 0 Å². The van der Waals surface area contributed by atoms with Crippen LogP contribution in [0.2, 0.25) is 5.15 Å². The molecule has 0 saturated carbocycles. The first kappa shape index (κ1) is 19.8. The molecule has 1 amide bonds. The number of rotatable bonds is 4. The molecule has 3 rings (SSSR count). The van der Waals surface area contributed by atoms with Gasteiger partial charge in [0.25, 0.3) is 5.91 Å². The minimum Gasteiger partial charge on any atom is -0.349 e. The molecule has 3 heterocycles. The first-order chi connectivity index (χ1) is 12.3. The molecule has 0 aromatic carbocycles. The molecule has 140 valence electrons. The van der Waals surface area contributed by atoms with E-state index in [2.05, 4.69) is 26.2 Å². The number of carbonyl (C=O) groups excluding carboxylic acids is 1. The number of thiophene rings is 1. The molecule has 1 fully saturated rings. The van der Waals surface area contributed by atoms with E-state index in [0.717, 1.165) is 4.88 Å². The van der Waals surface area contributed by atoms with Crippen molar-refractivity contribution in [3.63, 3.8) is 0 Å². The third-order valence-corrected chi connectivity index (χ3v) is 7.90. The van der Waals surface area contributed by atoms with Crippen LogP contribution in [0.3, 0.4) is 0 Å². The van der Waals surface area contributed by atoms with Gasteiger partial charge in [-0.1, -0.05) is 11.6 Å². The molecule has 2 aromatic rings. The van der Waals surface area contributed by atoms with Gasteiger partial charge < -0.3 is 5.32 Å². The van der Waals surface area contributed by atoms with Crippen LogP contribution in [0.15, 0.2) is 33.8 Å². The summed E-state index contributed by atoms with van der Waals surface area (Å²) >= 11 is 10.6. The minimum absolute atomic E-state index is 0.00918. The summed E-state index contributed by atoms with van der Waals surface area (Å²) in [4.78, 5) is 17.9. The zero-order valence-electron chi connectivity index (χ0n) is 13.9. The van der Waals surface area contributed by atoms with Crippen molar-refractivity contribution in [1.29, 1.82) is 0 Å². The third-order valence-electron chi connectivity index (χ3n) is 4.14. The zero-order valence-corrected chi connectivity index (χ0v) is 17.9. The molecule has 1 saturated heterocycles. The Kier molecular flexibility index (Phi) is 6.03. The van der Waals surface area contributed by atoms with Crippen LogP contribution >= 0.6 is 38.9 Å². The second-order valence-corrected chi connectivity index (χ2v) is 10.5. The summed E-state index contributed by atoms with van der Waals surface area (Å²) < 4.78 is 27.6. The molecule has 1 aliphatic rings. The summed E-state index contributed by atoms with van der Waals surface area (Å²) in [6.07, 6.45) is 2.55. The fraction of sp³-hybridized carbons (Fsp3) is 0.375. The van der Waals surface area contributed by atoms with Crippen LogP contribution in [0, 0.1) is 6.92 Å². The quantitative estimate of drug-likeness (QED) is 0.683. The van der Waals surface area contributed by atoms with Gasteiger partial charge in [-0.05, 0) is 53.9 Å². The van der Waals surface area contributed by atoms with Gasteiger partial charge in [-0.25, -0.2) is 13.4 Å². The number of hydrogen-bond acceptors (Lipinski definition) is 5. The predicted octanol–water partition coefficient (Wildman–Crippen LogP) is 3.45. The van der Waals surface area contributed by atoms with E-state index in [4.69, 9.17) is 11.6 Å². The molecule has 26 heavy (non-hydrogen) atoms. The SMILES string of the molecule is Cc1ccc(C(=O)NC2CCN(S(=O)(=O)c3cc(Br)cnc3Cl)CC2)s1. The number of halogens is 2. The fourth-order valence-electron chi connectivity index (χ4n) is 2.78. The van der Waals surface area contributed by atoms with Crippen LogP contribution in [0.4, 0.5) is 0 Å². The molecule has 6 nitrogen and oxygen atoms in total. The minimum atomic E-state index is -3.72. The highest BCUT2D eigenvalue weighted by Gasteiger charge is 2.32. The number of pyridine rings is 1. The number of sulfonamides is 1.